The zero-order valence-corrected chi connectivity index (χ0v) is 19.4. The molecule has 3 heterocycles. The van der Waals surface area contributed by atoms with Gasteiger partial charge in [-0.3, -0.25) is 0 Å². The molecule has 3 aromatic rings. The maximum absolute atomic E-state index is 10.00. The Bertz CT molecular complexity index is 1060. The predicted octanol–water partition coefficient (Wildman–Crippen LogP) is 4.52. The van der Waals surface area contributed by atoms with Crippen LogP contribution in [-0.4, -0.2) is 45.4 Å². The van der Waals surface area contributed by atoms with Crippen LogP contribution in [-0.2, 0) is 6.42 Å². The lowest BCUT2D eigenvalue weighted by molar-refractivity contribution is 0.122. The summed E-state index contributed by atoms with van der Waals surface area (Å²) in [6.45, 7) is 4.18. The first-order chi connectivity index (χ1) is 16.2. The number of nitrogens with zero attached hydrogens (tertiary/aromatic N) is 3. The second-order valence-electron chi connectivity index (χ2n) is 9.66. The molecular weight excluding hydrogens is 412 g/mol. The van der Waals surface area contributed by atoms with Crippen LogP contribution < -0.4 is 10.1 Å². The number of aliphatic hydroxyl groups is 1. The van der Waals surface area contributed by atoms with E-state index in [0.717, 1.165) is 74.8 Å². The monoisotopic (exact) mass is 446 g/mol. The topological polar surface area (TPSA) is 80.2 Å². The van der Waals surface area contributed by atoms with Gasteiger partial charge >= 0.3 is 0 Å². The third-order valence-electron chi connectivity index (χ3n) is 7.22. The van der Waals surface area contributed by atoms with E-state index in [9.17, 15) is 5.11 Å². The predicted molar refractivity (Wildman–Crippen MR) is 130 cm³/mol. The Balaban J connectivity index is 1.48. The molecule has 1 aliphatic heterocycles. The van der Waals surface area contributed by atoms with Crippen LogP contribution in [0.1, 0.15) is 74.2 Å². The van der Waals surface area contributed by atoms with Gasteiger partial charge in [-0.25, -0.2) is 15.0 Å². The van der Waals surface area contributed by atoms with Crippen molar-refractivity contribution < 1.29 is 9.84 Å². The van der Waals surface area contributed by atoms with Crippen LogP contribution in [0.4, 0.5) is 0 Å². The van der Waals surface area contributed by atoms with Gasteiger partial charge < -0.3 is 15.2 Å². The first kappa shape index (κ1) is 22.2. The van der Waals surface area contributed by atoms with Crippen molar-refractivity contribution in [3.8, 4) is 5.88 Å². The second-order valence-corrected chi connectivity index (χ2v) is 9.66. The molecule has 1 aromatic carbocycles. The first-order valence-corrected chi connectivity index (χ1v) is 12.4. The van der Waals surface area contributed by atoms with Crippen molar-refractivity contribution in [2.24, 2.45) is 0 Å². The van der Waals surface area contributed by atoms with Gasteiger partial charge in [0.25, 0.3) is 0 Å². The lowest BCUT2D eigenvalue weighted by atomic mass is 9.82. The number of piperidine rings is 1. The zero-order valence-electron chi connectivity index (χ0n) is 19.4. The molecule has 1 saturated carbocycles. The summed E-state index contributed by atoms with van der Waals surface area (Å²) >= 11 is 0. The minimum Gasteiger partial charge on any atom is -0.474 e. The van der Waals surface area contributed by atoms with Gasteiger partial charge in [0, 0.05) is 24.4 Å². The zero-order chi connectivity index (χ0) is 22.6. The minimum atomic E-state index is -0.181. The van der Waals surface area contributed by atoms with Crippen molar-refractivity contribution in [2.45, 2.75) is 75.9 Å². The van der Waals surface area contributed by atoms with E-state index >= 15 is 0 Å². The first-order valence-electron chi connectivity index (χ1n) is 12.4. The molecule has 2 N–H and O–H groups in total. The van der Waals surface area contributed by atoms with Gasteiger partial charge in [0.2, 0.25) is 5.88 Å². The van der Waals surface area contributed by atoms with Gasteiger partial charge in [0.1, 0.15) is 11.9 Å². The largest absolute Gasteiger partial charge is 0.474 e. The van der Waals surface area contributed by atoms with Crippen LogP contribution in [0.2, 0.25) is 0 Å². The van der Waals surface area contributed by atoms with E-state index in [2.05, 4.69) is 36.5 Å². The highest BCUT2D eigenvalue weighted by molar-refractivity contribution is 5.85. The Morgan fingerprint density at radius 2 is 1.76 bits per heavy atom. The summed E-state index contributed by atoms with van der Waals surface area (Å²) in [5.74, 6) is 2.21. The average molecular weight is 447 g/mol. The molecule has 33 heavy (non-hydrogen) atoms. The van der Waals surface area contributed by atoms with Crippen molar-refractivity contribution in [1.82, 2.24) is 20.3 Å². The number of aromatic nitrogens is 3. The molecular formula is C27H34N4O2. The summed E-state index contributed by atoms with van der Waals surface area (Å²) in [4.78, 5) is 14.6. The Morgan fingerprint density at radius 3 is 2.52 bits per heavy atom. The molecule has 0 bridgehead atoms. The summed E-state index contributed by atoms with van der Waals surface area (Å²) in [6.07, 6.45) is 10.2. The highest BCUT2D eigenvalue weighted by Crippen LogP contribution is 2.38. The molecule has 6 heteroatoms. The average Bonchev–Trinajstić information content (AvgIpc) is 2.86. The van der Waals surface area contributed by atoms with Gasteiger partial charge in [-0.15, -0.1) is 0 Å². The van der Waals surface area contributed by atoms with E-state index in [1.54, 1.807) is 0 Å². The molecule has 6 nitrogen and oxygen atoms in total. The molecule has 1 atom stereocenters. The third kappa shape index (κ3) is 5.17. The van der Waals surface area contributed by atoms with Crippen LogP contribution in [0.15, 0.2) is 42.7 Å². The number of aliphatic hydroxyl groups excluding tert-OH is 1. The Labute approximate surface area is 195 Å². The number of benzene rings is 1. The summed E-state index contributed by atoms with van der Waals surface area (Å²) in [5, 5.41) is 14.3. The third-order valence-corrected chi connectivity index (χ3v) is 7.22. The molecule has 1 aliphatic carbocycles. The SMILES string of the molecule is C[C@@H](Cc1ncc2c(OC3CCNCC3)ncc(C3CCC(O)CC3)c2n1)c1ccccc1. The number of hydrogen-bond acceptors (Lipinski definition) is 6. The van der Waals surface area contributed by atoms with E-state index in [-0.39, 0.29) is 12.2 Å². The Morgan fingerprint density at radius 1 is 1.00 bits per heavy atom. The fourth-order valence-electron chi connectivity index (χ4n) is 5.18. The summed E-state index contributed by atoms with van der Waals surface area (Å²) in [7, 11) is 0. The number of nitrogens with one attached hydrogen (secondary N) is 1. The minimum absolute atomic E-state index is 0.176. The van der Waals surface area contributed by atoms with Crippen LogP contribution in [0.3, 0.4) is 0 Å². The van der Waals surface area contributed by atoms with Gasteiger partial charge in [-0.05, 0) is 69.0 Å². The van der Waals surface area contributed by atoms with Crippen molar-refractivity contribution >= 4 is 10.9 Å². The molecule has 1 saturated heterocycles. The second kappa shape index (κ2) is 10.1. The van der Waals surface area contributed by atoms with E-state index < -0.39 is 0 Å². The van der Waals surface area contributed by atoms with Gasteiger partial charge in [-0.2, -0.15) is 0 Å². The highest BCUT2D eigenvalue weighted by Gasteiger charge is 2.26. The van der Waals surface area contributed by atoms with E-state index in [1.807, 2.05) is 18.5 Å². The van der Waals surface area contributed by atoms with Gasteiger partial charge in [-0.1, -0.05) is 37.3 Å². The number of fused-ring (bicyclic) bond motifs is 1. The van der Waals surface area contributed by atoms with Crippen LogP contribution in [0, 0.1) is 0 Å². The van der Waals surface area contributed by atoms with Crippen LogP contribution >= 0.6 is 0 Å². The number of pyridine rings is 1. The summed E-state index contributed by atoms with van der Waals surface area (Å²) in [6, 6.07) is 10.5. The molecule has 0 unspecified atom stereocenters. The number of ether oxygens (including phenoxy) is 1. The smallest absolute Gasteiger partial charge is 0.224 e. The van der Waals surface area contributed by atoms with Gasteiger partial charge in [0.05, 0.1) is 17.0 Å². The lowest BCUT2D eigenvalue weighted by Gasteiger charge is -2.27. The van der Waals surface area contributed by atoms with Gasteiger partial charge in [0.15, 0.2) is 0 Å². The van der Waals surface area contributed by atoms with E-state index in [4.69, 9.17) is 19.7 Å². The normalized spacial score (nSPS) is 22.8. The van der Waals surface area contributed by atoms with Crippen molar-refractivity contribution in [3.63, 3.8) is 0 Å². The summed E-state index contributed by atoms with van der Waals surface area (Å²) < 4.78 is 6.35. The van der Waals surface area contributed by atoms with Crippen LogP contribution in [0.25, 0.3) is 10.9 Å². The molecule has 2 aliphatic rings. The molecule has 2 aromatic heterocycles. The maximum Gasteiger partial charge on any atom is 0.224 e. The van der Waals surface area contributed by atoms with Crippen molar-refractivity contribution in [3.05, 3.63) is 59.7 Å². The van der Waals surface area contributed by atoms with Crippen molar-refractivity contribution in [1.29, 1.82) is 0 Å². The van der Waals surface area contributed by atoms with Crippen molar-refractivity contribution in [2.75, 3.05) is 13.1 Å². The fourth-order valence-corrected chi connectivity index (χ4v) is 5.18. The lowest BCUT2D eigenvalue weighted by Crippen LogP contribution is -2.34. The molecule has 2 fully saturated rings. The van der Waals surface area contributed by atoms with E-state index in [0.29, 0.717) is 17.7 Å². The quantitative estimate of drug-likeness (QED) is 0.580. The molecule has 5 rings (SSSR count). The maximum atomic E-state index is 10.00. The molecule has 0 amide bonds. The standard InChI is InChI=1S/C27H34N4O2/c1-18(19-5-3-2-4-6-19)15-25-29-17-24-26(31-25)23(20-7-9-21(32)10-8-20)16-30-27(24)33-22-11-13-28-14-12-22/h2-6,16-18,20-22,28,32H,7-15H2,1H3/t18-,20?,21?/m0/s1. The Kier molecular flexibility index (Phi) is 6.83. The molecule has 0 spiro atoms. The molecule has 174 valence electrons. The molecule has 0 radical (unpaired) electrons. The summed E-state index contributed by atoms with van der Waals surface area (Å²) in [5.41, 5.74) is 3.44. The van der Waals surface area contributed by atoms with Crippen LogP contribution in [0.5, 0.6) is 5.88 Å². The van der Waals surface area contributed by atoms with E-state index in [1.165, 1.54) is 11.1 Å². The Hall–Kier alpha value is -2.57. The number of rotatable bonds is 6. The number of hydrogen-bond donors (Lipinski definition) is 2. The highest BCUT2D eigenvalue weighted by atomic mass is 16.5. The fraction of sp³-hybridized carbons (Fsp3) is 0.519.